The molecule has 0 bridgehead atoms. The maximum absolute atomic E-state index is 10.7. The Balaban J connectivity index is 2.65. The molecule has 1 aromatic heterocycles. The molecular formula is C13H20N2O3. The van der Waals surface area contributed by atoms with Gasteiger partial charge < -0.3 is 10.2 Å². The highest BCUT2D eigenvalue weighted by Gasteiger charge is 2.11. The number of hydrogen-bond acceptors (Lipinski definition) is 4. The van der Waals surface area contributed by atoms with Crippen LogP contribution in [0, 0.1) is 0 Å². The molecule has 0 amide bonds. The number of aliphatic hydroxyl groups excluding tert-OH is 1. The van der Waals surface area contributed by atoms with Gasteiger partial charge in [0.2, 0.25) is 0 Å². The van der Waals surface area contributed by atoms with E-state index in [1.54, 1.807) is 12.1 Å². The zero-order valence-electron chi connectivity index (χ0n) is 10.8. The Morgan fingerprint density at radius 3 is 2.61 bits per heavy atom. The maximum Gasteiger partial charge on any atom is 0.337 e. The average molecular weight is 252 g/mol. The first-order valence-electron chi connectivity index (χ1n) is 6.07. The summed E-state index contributed by atoms with van der Waals surface area (Å²) in [6, 6.07) is 3.66. The zero-order valence-corrected chi connectivity index (χ0v) is 10.8. The minimum atomic E-state index is -0.963. The first-order valence-corrected chi connectivity index (χ1v) is 6.07. The predicted molar refractivity (Wildman–Crippen MR) is 68.4 cm³/mol. The molecule has 18 heavy (non-hydrogen) atoms. The van der Waals surface area contributed by atoms with Gasteiger partial charge in [0, 0.05) is 31.9 Å². The van der Waals surface area contributed by atoms with Crippen molar-refractivity contribution in [3.05, 3.63) is 29.6 Å². The monoisotopic (exact) mass is 252 g/mol. The summed E-state index contributed by atoms with van der Waals surface area (Å²) < 4.78 is 0. The summed E-state index contributed by atoms with van der Waals surface area (Å²) in [6.45, 7) is 5.81. The van der Waals surface area contributed by atoms with Gasteiger partial charge in [0.15, 0.2) is 0 Å². The number of aromatic nitrogens is 1. The Morgan fingerprint density at radius 1 is 1.44 bits per heavy atom. The van der Waals surface area contributed by atoms with Crippen molar-refractivity contribution in [2.45, 2.75) is 32.9 Å². The van der Waals surface area contributed by atoms with Crippen molar-refractivity contribution in [2.24, 2.45) is 0 Å². The third-order valence-corrected chi connectivity index (χ3v) is 2.77. The van der Waals surface area contributed by atoms with Gasteiger partial charge in [-0.1, -0.05) is 0 Å². The van der Waals surface area contributed by atoms with Gasteiger partial charge in [-0.25, -0.2) is 4.79 Å². The molecule has 0 saturated heterocycles. The van der Waals surface area contributed by atoms with Crippen LogP contribution in [-0.2, 0) is 6.54 Å². The van der Waals surface area contributed by atoms with E-state index in [0.29, 0.717) is 12.6 Å². The number of carbonyl (C=O) groups is 1. The molecule has 1 rings (SSSR count). The van der Waals surface area contributed by atoms with Crippen molar-refractivity contribution in [3.63, 3.8) is 0 Å². The fourth-order valence-electron chi connectivity index (χ4n) is 1.65. The largest absolute Gasteiger partial charge is 0.478 e. The number of nitrogens with zero attached hydrogens (tertiary/aromatic N) is 2. The van der Waals surface area contributed by atoms with Gasteiger partial charge in [-0.3, -0.25) is 9.88 Å². The molecule has 100 valence electrons. The molecular weight excluding hydrogens is 232 g/mol. The maximum atomic E-state index is 10.7. The molecule has 5 heteroatoms. The summed E-state index contributed by atoms with van der Waals surface area (Å²) in [5.74, 6) is -0.963. The summed E-state index contributed by atoms with van der Waals surface area (Å²) >= 11 is 0. The molecule has 0 aliphatic rings. The number of hydrogen-bond donors (Lipinski definition) is 2. The predicted octanol–water partition coefficient (Wildman–Crippen LogP) is 1.37. The highest BCUT2D eigenvalue weighted by atomic mass is 16.4. The molecule has 5 nitrogen and oxygen atoms in total. The summed E-state index contributed by atoms with van der Waals surface area (Å²) in [6.07, 6.45) is 2.10. The molecule has 2 N–H and O–H groups in total. The fourth-order valence-corrected chi connectivity index (χ4v) is 1.65. The van der Waals surface area contributed by atoms with Crippen molar-refractivity contribution in [1.29, 1.82) is 0 Å². The Kier molecular flexibility index (Phi) is 5.74. The van der Waals surface area contributed by atoms with Crippen molar-refractivity contribution >= 4 is 5.97 Å². The first-order chi connectivity index (χ1) is 8.54. The van der Waals surface area contributed by atoms with Crippen LogP contribution in [0.4, 0.5) is 0 Å². The number of rotatable bonds is 7. The van der Waals surface area contributed by atoms with Crippen molar-refractivity contribution < 1.29 is 15.0 Å². The minimum Gasteiger partial charge on any atom is -0.478 e. The van der Waals surface area contributed by atoms with Crippen LogP contribution in [0.2, 0.25) is 0 Å². The van der Waals surface area contributed by atoms with Gasteiger partial charge >= 0.3 is 5.97 Å². The second kappa shape index (κ2) is 7.08. The molecule has 0 spiro atoms. The van der Waals surface area contributed by atoms with E-state index < -0.39 is 5.97 Å². The van der Waals surface area contributed by atoms with Gasteiger partial charge in [-0.15, -0.1) is 0 Å². The van der Waals surface area contributed by atoms with E-state index in [1.807, 2.05) is 0 Å². The van der Waals surface area contributed by atoms with Gasteiger partial charge in [0.1, 0.15) is 0 Å². The molecule has 0 atom stereocenters. The first kappa shape index (κ1) is 14.6. The van der Waals surface area contributed by atoms with Crippen molar-refractivity contribution in [3.8, 4) is 0 Å². The Bertz CT molecular complexity index is 376. The number of pyridine rings is 1. The zero-order chi connectivity index (χ0) is 13.5. The minimum absolute atomic E-state index is 0.175. The molecule has 0 fully saturated rings. The van der Waals surface area contributed by atoms with E-state index in [0.717, 1.165) is 18.7 Å². The average Bonchev–Trinajstić information content (AvgIpc) is 2.34. The fraction of sp³-hybridized carbons (Fsp3) is 0.538. The van der Waals surface area contributed by atoms with Crippen molar-refractivity contribution in [1.82, 2.24) is 9.88 Å². The number of aliphatic hydroxyl groups is 1. The summed E-state index contributed by atoms with van der Waals surface area (Å²) in [4.78, 5) is 17.0. The summed E-state index contributed by atoms with van der Waals surface area (Å²) in [5, 5.41) is 17.6. The second-order valence-corrected chi connectivity index (χ2v) is 4.48. The third-order valence-electron chi connectivity index (χ3n) is 2.77. The molecule has 0 unspecified atom stereocenters. The summed E-state index contributed by atoms with van der Waals surface area (Å²) in [5.41, 5.74) is 1.04. The Hall–Kier alpha value is -1.46. The number of aromatic carboxylic acids is 1. The van der Waals surface area contributed by atoms with E-state index >= 15 is 0 Å². The van der Waals surface area contributed by atoms with Crippen LogP contribution < -0.4 is 0 Å². The van der Waals surface area contributed by atoms with Crippen molar-refractivity contribution in [2.75, 3.05) is 13.2 Å². The normalized spacial score (nSPS) is 11.2. The van der Waals surface area contributed by atoms with Gasteiger partial charge in [-0.2, -0.15) is 0 Å². The SMILES string of the molecule is CC(C)N(CCCO)Cc1ccc(C(=O)O)cn1. The standard InChI is InChI=1S/C13H20N2O3/c1-10(2)15(6-3-7-16)9-12-5-4-11(8-14-12)13(17)18/h4-5,8,10,16H,3,6-7,9H2,1-2H3,(H,17,18). The van der Waals surface area contributed by atoms with Crippen LogP contribution in [-0.4, -0.2) is 45.3 Å². The Morgan fingerprint density at radius 2 is 2.17 bits per heavy atom. The van der Waals surface area contributed by atoms with Crippen LogP contribution in [0.25, 0.3) is 0 Å². The molecule has 0 aliphatic heterocycles. The van der Waals surface area contributed by atoms with Gasteiger partial charge in [0.05, 0.1) is 11.3 Å². The van der Waals surface area contributed by atoms with E-state index in [1.165, 1.54) is 6.20 Å². The van der Waals surface area contributed by atoms with E-state index in [-0.39, 0.29) is 12.2 Å². The van der Waals surface area contributed by atoms with Crippen LogP contribution in [0.1, 0.15) is 36.3 Å². The topological polar surface area (TPSA) is 73.7 Å². The van der Waals surface area contributed by atoms with Crippen LogP contribution >= 0.6 is 0 Å². The lowest BCUT2D eigenvalue weighted by Gasteiger charge is -2.25. The molecule has 1 aromatic rings. The highest BCUT2D eigenvalue weighted by Crippen LogP contribution is 2.08. The number of carboxylic acids is 1. The second-order valence-electron chi connectivity index (χ2n) is 4.48. The third kappa shape index (κ3) is 4.43. The van der Waals surface area contributed by atoms with Gasteiger partial charge in [0.25, 0.3) is 0 Å². The molecule has 0 aliphatic carbocycles. The van der Waals surface area contributed by atoms with Crippen LogP contribution in [0.5, 0.6) is 0 Å². The van der Waals surface area contributed by atoms with Crippen LogP contribution in [0.15, 0.2) is 18.3 Å². The van der Waals surface area contributed by atoms with E-state index in [9.17, 15) is 4.79 Å². The molecule has 0 radical (unpaired) electrons. The van der Waals surface area contributed by atoms with Gasteiger partial charge in [-0.05, 0) is 32.4 Å². The van der Waals surface area contributed by atoms with Crippen LogP contribution in [0.3, 0.4) is 0 Å². The smallest absolute Gasteiger partial charge is 0.337 e. The number of carboxylic acid groups (broad SMARTS) is 1. The van der Waals surface area contributed by atoms with E-state index in [2.05, 4.69) is 23.7 Å². The molecule has 1 heterocycles. The lowest BCUT2D eigenvalue weighted by Crippen LogP contribution is -2.32. The highest BCUT2D eigenvalue weighted by molar-refractivity contribution is 5.87. The molecule has 0 saturated carbocycles. The lowest BCUT2D eigenvalue weighted by molar-refractivity contribution is 0.0696. The lowest BCUT2D eigenvalue weighted by atomic mass is 10.2. The Labute approximate surface area is 107 Å². The molecule has 0 aromatic carbocycles. The van der Waals surface area contributed by atoms with E-state index in [4.69, 9.17) is 10.2 Å². The summed E-state index contributed by atoms with van der Waals surface area (Å²) in [7, 11) is 0. The quantitative estimate of drug-likeness (QED) is 0.766.